The molecule has 0 spiro atoms. The van der Waals surface area contributed by atoms with E-state index in [1.54, 1.807) is 6.92 Å². The Bertz CT molecular complexity index is 443. The monoisotopic (exact) mass is 284 g/mol. The molecule has 0 aliphatic carbocycles. The van der Waals surface area contributed by atoms with Crippen molar-refractivity contribution < 1.29 is 14.3 Å². The average molecular weight is 284 g/mol. The Kier molecular flexibility index (Phi) is 5.95. The number of carbonyl (C=O) groups excluding carboxylic acids is 2. The third-order valence-electron chi connectivity index (χ3n) is 2.55. The number of nitrogens with zero attached hydrogens (tertiary/aromatic N) is 2. The Morgan fingerprint density at radius 1 is 1.47 bits per heavy atom. The Labute approximate surface area is 117 Å². The van der Waals surface area contributed by atoms with Crippen molar-refractivity contribution in [2.45, 2.75) is 40.2 Å². The molecule has 0 saturated carbocycles. The summed E-state index contributed by atoms with van der Waals surface area (Å²) in [6, 6.07) is -0.0448. The molecule has 0 bridgehead atoms. The largest absolute Gasteiger partial charge is 0.465 e. The molecule has 1 rings (SSSR count). The molecule has 0 fully saturated rings. The van der Waals surface area contributed by atoms with Crippen LogP contribution in [0.1, 0.15) is 31.5 Å². The smallest absolute Gasteiger partial charge is 0.325 e. The number of hydrogen-bond acceptors (Lipinski definition) is 5. The lowest BCUT2D eigenvalue weighted by atomic mass is 10.2. The second kappa shape index (κ2) is 7.23. The number of esters is 1. The van der Waals surface area contributed by atoms with Crippen molar-refractivity contribution >= 4 is 23.2 Å². The van der Waals surface area contributed by atoms with Crippen LogP contribution in [0.25, 0.3) is 0 Å². The van der Waals surface area contributed by atoms with Gasteiger partial charge in [-0.3, -0.25) is 9.59 Å². The van der Waals surface area contributed by atoms with Gasteiger partial charge in [-0.25, -0.2) is 4.98 Å². The summed E-state index contributed by atoms with van der Waals surface area (Å²) in [5, 5.41) is 2.81. The predicted octanol–water partition coefficient (Wildman–Crippen LogP) is 1.79. The Morgan fingerprint density at radius 3 is 2.63 bits per heavy atom. The van der Waals surface area contributed by atoms with Gasteiger partial charge in [-0.15, -0.1) is 11.3 Å². The van der Waals surface area contributed by atoms with Gasteiger partial charge in [0.05, 0.1) is 23.7 Å². The van der Waals surface area contributed by atoms with E-state index in [1.807, 2.05) is 26.2 Å². The molecule has 1 aromatic rings. The molecule has 0 aliphatic rings. The maximum atomic E-state index is 12.2. The summed E-state index contributed by atoms with van der Waals surface area (Å²) in [6.45, 7) is 7.72. The van der Waals surface area contributed by atoms with Gasteiger partial charge in [0.15, 0.2) is 0 Å². The van der Waals surface area contributed by atoms with Crippen molar-refractivity contribution in [2.24, 2.45) is 0 Å². The number of hydrogen-bond donors (Lipinski definition) is 0. The van der Waals surface area contributed by atoms with Gasteiger partial charge >= 0.3 is 5.97 Å². The highest BCUT2D eigenvalue weighted by atomic mass is 32.1. The van der Waals surface area contributed by atoms with Gasteiger partial charge in [0.2, 0.25) is 5.91 Å². The minimum Gasteiger partial charge on any atom is -0.465 e. The van der Waals surface area contributed by atoms with Gasteiger partial charge in [-0.05, 0) is 27.7 Å². The van der Waals surface area contributed by atoms with Crippen molar-refractivity contribution in [3.63, 3.8) is 0 Å². The second-order valence-electron chi connectivity index (χ2n) is 4.46. The summed E-state index contributed by atoms with van der Waals surface area (Å²) < 4.78 is 4.88. The van der Waals surface area contributed by atoms with E-state index in [2.05, 4.69) is 4.98 Å². The Balaban J connectivity index is 2.65. The number of amides is 1. The van der Waals surface area contributed by atoms with E-state index in [0.29, 0.717) is 6.61 Å². The molecule has 5 nitrogen and oxygen atoms in total. The first-order chi connectivity index (χ1) is 8.93. The van der Waals surface area contributed by atoms with Crippen LogP contribution in [0.15, 0.2) is 5.38 Å². The summed E-state index contributed by atoms with van der Waals surface area (Å²) in [6.07, 6.45) is 0.224. The zero-order valence-electron chi connectivity index (χ0n) is 11.8. The molecule has 19 heavy (non-hydrogen) atoms. The van der Waals surface area contributed by atoms with Gasteiger partial charge in [-0.2, -0.15) is 0 Å². The lowest BCUT2D eigenvalue weighted by molar-refractivity contribution is -0.149. The van der Waals surface area contributed by atoms with Crippen LogP contribution in [-0.2, 0) is 20.7 Å². The van der Waals surface area contributed by atoms with E-state index in [1.165, 1.54) is 16.2 Å². The minimum atomic E-state index is -0.376. The molecule has 0 atom stereocenters. The normalized spacial score (nSPS) is 10.6. The molecule has 0 N–H and O–H groups in total. The van der Waals surface area contributed by atoms with Crippen LogP contribution in [0, 0.1) is 6.92 Å². The molecule has 1 amide bonds. The molecule has 106 valence electrons. The third-order valence-corrected chi connectivity index (χ3v) is 3.37. The zero-order valence-corrected chi connectivity index (χ0v) is 12.6. The van der Waals surface area contributed by atoms with E-state index in [9.17, 15) is 9.59 Å². The number of thiazole rings is 1. The van der Waals surface area contributed by atoms with Crippen LogP contribution in [0.3, 0.4) is 0 Å². The van der Waals surface area contributed by atoms with Gasteiger partial charge in [0.25, 0.3) is 0 Å². The summed E-state index contributed by atoms with van der Waals surface area (Å²) in [5.74, 6) is -0.479. The second-order valence-corrected chi connectivity index (χ2v) is 5.52. The van der Waals surface area contributed by atoms with Crippen LogP contribution in [0.2, 0.25) is 0 Å². The molecular weight excluding hydrogens is 264 g/mol. The van der Waals surface area contributed by atoms with Gasteiger partial charge in [-0.1, -0.05) is 0 Å². The SMILES string of the molecule is CCOC(=O)CN(C(=O)Cc1csc(C)n1)C(C)C. The van der Waals surface area contributed by atoms with E-state index in [4.69, 9.17) is 4.74 Å². The summed E-state index contributed by atoms with van der Waals surface area (Å²) in [4.78, 5) is 29.5. The van der Waals surface area contributed by atoms with Gasteiger partial charge in [0, 0.05) is 11.4 Å². The highest BCUT2D eigenvalue weighted by molar-refractivity contribution is 7.09. The van der Waals surface area contributed by atoms with E-state index in [-0.39, 0.29) is 30.9 Å². The topological polar surface area (TPSA) is 59.5 Å². The minimum absolute atomic E-state index is 0.00649. The molecule has 0 saturated heterocycles. The Hall–Kier alpha value is -1.43. The van der Waals surface area contributed by atoms with Crippen molar-refractivity contribution in [2.75, 3.05) is 13.2 Å². The molecule has 0 aromatic carbocycles. The fourth-order valence-electron chi connectivity index (χ4n) is 1.65. The van der Waals surface area contributed by atoms with Crippen molar-refractivity contribution in [3.8, 4) is 0 Å². The maximum absolute atomic E-state index is 12.2. The lowest BCUT2D eigenvalue weighted by Gasteiger charge is -2.25. The predicted molar refractivity (Wildman–Crippen MR) is 74.0 cm³/mol. The first-order valence-corrected chi connectivity index (χ1v) is 7.18. The van der Waals surface area contributed by atoms with E-state index >= 15 is 0 Å². The van der Waals surface area contributed by atoms with Crippen LogP contribution in [0.4, 0.5) is 0 Å². The molecule has 6 heteroatoms. The lowest BCUT2D eigenvalue weighted by Crippen LogP contribution is -2.42. The van der Waals surface area contributed by atoms with E-state index in [0.717, 1.165) is 10.7 Å². The van der Waals surface area contributed by atoms with E-state index < -0.39 is 0 Å². The highest BCUT2D eigenvalue weighted by Gasteiger charge is 2.21. The maximum Gasteiger partial charge on any atom is 0.325 e. The summed E-state index contributed by atoms with van der Waals surface area (Å²) in [7, 11) is 0. The first kappa shape index (κ1) is 15.6. The number of rotatable bonds is 6. The van der Waals surface area contributed by atoms with Crippen LogP contribution in [0.5, 0.6) is 0 Å². The Morgan fingerprint density at radius 2 is 2.16 bits per heavy atom. The number of aromatic nitrogens is 1. The number of ether oxygens (including phenoxy) is 1. The molecule has 0 aliphatic heterocycles. The number of carbonyl (C=O) groups is 2. The highest BCUT2D eigenvalue weighted by Crippen LogP contribution is 2.11. The molecule has 1 heterocycles. The third kappa shape index (κ3) is 4.98. The molecule has 0 unspecified atom stereocenters. The molecular formula is C13H20N2O3S. The van der Waals surface area contributed by atoms with Crippen molar-refractivity contribution in [3.05, 3.63) is 16.1 Å². The fourth-order valence-corrected chi connectivity index (χ4v) is 2.26. The van der Waals surface area contributed by atoms with Gasteiger partial charge < -0.3 is 9.64 Å². The van der Waals surface area contributed by atoms with Crippen LogP contribution >= 0.6 is 11.3 Å². The summed E-state index contributed by atoms with van der Waals surface area (Å²) >= 11 is 1.52. The molecule has 1 aromatic heterocycles. The zero-order chi connectivity index (χ0) is 14.4. The standard InChI is InChI=1S/C13H20N2O3S/c1-5-18-13(17)7-15(9(2)3)12(16)6-11-8-19-10(4)14-11/h8-9H,5-7H2,1-4H3. The average Bonchev–Trinajstić information content (AvgIpc) is 2.71. The van der Waals surface area contributed by atoms with Crippen molar-refractivity contribution in [1.29, 1.82) is 0 Å². The van der Waals surface area contributed by atoms with Crippen molar-refractivity contribution in [1.82, 2.24) is 9.88 Å². The fraction of sp³-hybridized carbons (Fsp3) is 0.615. The van der Waals surface area contributed by atoms with Crippen LogP contribution < -0.4 is 0 Å². The van der Waals surface area contributed by atoms with Crippen LogP contribution in [-0.4, -0.2) is 41.0 Å². The summed E-state index contributed by atoms with van der Waals surface area (Å²) in [5.41, 5.74) is 0.752. The first-order valence-electron chi connectivity index (χ1n) is 6.30. The number of aryl methyl sites for hydroxylation is 1. The quantitative estimate of drug-likeness (QED) is 0.747. The van der Waals surface area contributed by atoms with Gasteiger partial charge in [0.1, 0.15) is 6.54 Å². The molecule has 0 radical (unpaired) electrons.